The number of pyridine rings is 1. The Kier molecular flexibility index (Phi) is 2.19. The lowest BCUT2D eigenvalue weighted by Crippen LogP contribution is -2.47. The highest BCUT2D eigenvalue weighted by Gasteiger charge is 2.53. The number of carbonyl (C=O) groups is 1. The van der Waals surface area contributed by atoms with Gasteiger partial charge in [-0.2, -0.15) is 5.26 Å². The number of hydrogen-bond donors (Lipinski definition) is 2. The second-order valence-corrected chi connectivity index (χ2v) is 5.23. The van der Waals surface area contributed by atoms with Crippen LogP contribution in [-0.2, 0) is 10.3 Å². The highest BCUT2D eigenvalue weighted by molar-refractivity contribution is 5.90. The molecule has 0 spiro atoms. The highest BCUT2D eigenvalue weighted by Crippen LogP contribution is 2.46. The molecule has 1 heterocycles. The average molecular weight is 242 g/mol. The first kappa shape index (κ1) is 11.2. The number of nitrogens with two attached hydrogens (primary N) is 1. The van der Waals surface area contributed by atoms with E-state index < -0.39 is 5.54 Å². The van der Waals surface area contributed by atoms with Crippen LogP contribution in [0, 0.1) is 11.3 Å². The number of rotatable bonds is 3. The first-order chi connectivity index (χ1) is 8.58. The van der Waals surface area contributed by atoms with Crippen molar-refractivity contribution in [1.82, 2.24) is 10.3 Å². The lowest BCUT2D eigenvalue weighted by molar-refractivity contribution is -0.124. The van der Waals surface area contributed by atoms with Gasteiger partial charge in [-0.1, -0.05) is 0 Å². The summed E-state index contributed by atoms with van der Waals surface area (Å²) in [5, 5.41) is 11.9. The molecule has 0 unspecified atom stereocenters. The second kappa shape index (κ2) is 3.53. The van der Waals surface area contributed by atoms with E-state index in [9.17, 15) is 4.79 Å². The van der Waals surface area contributed by atoms with Crippen LogP contribution in [0.2, 0.25) is 0 Å². The van der Waals surface area contributed by atoms with Crippen LogP contribution >= 0.6 is 0 Å². The van der Waals surface area contributed by atoms with Gasteiger partial charge in [-0.15, -0.1) is 0 Å². The van der Waals surface area contributed by atoms with Crippen molar-refractivity contribution in [2.75, 3.05) is 0 Å². The molecule has 0 radical (unpaired) electrons. The Hall–Kier alpha value is -1.93. The van der Waals surface area contributed by atoms with Crippen LogP contribution in [0.15, 0.2) is 18.3 Å². The minimum absolute atomic E-state index is 0.0934. The molecule has 3 N–H and O–H groups in total. The summed E-state index contributed by atoms with van der Waals surface area (Å²) in [5.41, 5.74) is 6.15. The molecule has 1 aromatic rings. The van der Waals surface area contributed by atoms with Gasteiger partial charge in [0.05, 0.1) is 28.4 Å². The van der Waals surface area contributed by atoms with E-state index in [0.29, 0.717) is 5.56 Å². The van der Waals surface area contributed by atoms with Gasteiger partial charge in [0.1, 0.15) is 0 Å². The Balaban J connectivity index is 1.82. The maximum absolute atomic E-state index is 12.0. The lowest BCUT2D eigenvalue weighted by atomic mass is 10.1. The van der Waals surface area contributed by atoms with Crippen LogP contribution in [0.25, 0.3) is 0 Å². The van der Waals surface area contributed by atoms with Crippen molar-refractivity contribution >= 4 is 5.91 Å². The van der Waals surface area contributed by atoms with Gasteiger partial charge in [0.25, 0.3) is 0 Å². The molecule has 1 amide bonds. The van der Waals surface area contributed by atoms with E-state index in [2.05, 4.69) is 16.4 Å². The second-order valence-electron chi connectivity index (χ2n) is 5.23. The topological polar surface area (TPSA) is 91.8 Å². The quantitative estimate of drug-likeness (QED) is 0.809. The van der Waals surface area contributed by atoms with Crippen molar-refractivity contribution < 1.29 is 4.79 Å². The zero-order valence-corrected chi connectivity index (χ0v) is 9.94. The summed E-state index contributed by atoms with van der Waals surface area (Å²) >= 11 is 0. The number of carbonyl (C=O) groups excluding carboxylic acids is 1. The summed E-state index contributed by atoms with van der Waals surface area (Å²) in [6, 6.07) is 5.48. The van der Waals surface area contributed by atoms with Crippen LogP contribution in [0.4, 0.5) is 0 Å². The molecular weight excluding hydrogens is 228 g/mol. The van der Waals surface area contributed by atoms with Gasteiger partial charge in [0.2, 0.25) is 5.91 Å². The predicted octanol–water partition coefficient (Wildman–Crippen LogP) is 0.550. The maximum Gasteiger partial charge on any atom is 0.240 e. The highest BCUT2D eigenvalue weighted by atomic mass is 16.2. The third-order valence-corrected chi connectivity index (χ3v) is 3.72. The zero-order chi connectivity index (χ0) is 12.8. The van der Waals surface area contributed by atoms with Gasteiger partial charge in [0.15, 0.2) is 0 Å². The molecule has 0 aromatic carbocycles. The monoisotopic (exact) mass is 242 g/mol. The molecule has 18 heavy (non-hydrogen) atoms. The third kappa shape index (κ3) is 1.75. The van der Waals surface area contributed by atoms with Gasteiger partial charge >= 0.3 is 0 Å². The molecule has 3 rings (SSSR count). The fourth-order valence-corrected chi connectivity index (χ4v) is 2.04. The minimum Gasteiger partial charge on any atom is -0.343 e. The Morgan fingerprint density at radius 2 is 2.17 bits per heavy atom. The molecule has 2 aliphatic carbocycles. The number of aromatic nitrogens is 1. The van der Waals surface area contributed by atoms with Gasteiger partial charge in [-0.3, -0.25) is 9.78 Å². The van der Waals surface area contributed by atoms with E-state index in [1.54, 1.807) is 18.3 Å². The molecule has 1 aromatic heterocycles. The zero-order valence-electron chi connectivity index (χ0n) is 9.94. The molecule has 0 saturated heterocycles. The van der Waals surface area contributed by atoms with E-state index >= 15 is 0 Å². The SMILES string of the molecule is N#Cc1ccnc(C2(NC(=O)C3(N)CC3)CC2)c1. The van der Waals surface area contributed by atoms with Crippen molar-refractivity contribution in [2.45, 2.75) is 36.8 Å². The van der Waals surface area contributed by atoms with Crippen LogP contribution in [-0.4, -0.2) is 16.4 Å². The van der Waals surface area contributed by atoms with Crippen molar-refractivity contribution in [1.29, 1.82) is 5.26 Å². The lowest BCUT2D eigenvalue weighted by Gasteiger charge is -2.19. The standard InChI is InChI=1S/C13H14N4O/c14-8-9-1-6-16-10(7-9)13(4-5-13)17-11(18)12(15)2-3-12/h1,6-7H,2-5,15H2,(H,17,18). The maximum atomic E-state index is 12.0. The number of nitrogens with zero attached hydrogens (tertiary/aromatic N) is 2. The minimum atomic E-state index is -0.664. The molecule has 2 aliphatic rings. The van der Waals surface area contributed by atoms with E-state index in [1.165, 1.54) is 0 Å². The summed E-state index contributed by atoms with van der Waals surface area (Å²) in [6.45, 7) is 0. The summed E-state index contributed by atoms with van der Waals surface area (Å²) < 4.78 is 0. The Labute approximate surface area is 105 Å². The van der Waals surface area contributed by atoms with E-state index in [4.69, 9.17) is 11.0 Å². The normalized spacial score (nSPS) is 21.8. The molecule has 0 aliphatic heterocycles. The summed E-state index contributed by atoms with van der Waals surface area (Å²) in [6.07, 6.45) is 4.82. The van der Waals surface area contributed by atoms with Crippen molar-refractivity contribution in [3.05, 3.63) is 29.6 Å². The van der Waals surface area contributed by atoms with Gasteiger partial charge in [-0.25, -0.2) is 0 Å². The first-order valence-corrected chi connectivity index (χ1v) is 6.06. The van der Waals surface area contributed by atoms with Crippen molar-refractivity contribution in [2.24, 2.45) is 5.73 Å². The number of amides is 1. The van der Waals surface area contributed by atoms with Crippen LogP contribution < -0.4 is 11.1 Å². The van der Waals surface area contributed by atoms with Gasteiger partial charge in [0, 0.05) is 6.20 Å². The summed E-state index contributed by atoms with van der Waals surface area (Å²) in [4.78, 5) is 16.3. The average Bonchev–Trinajstić information content (AvgIpc) is 3.28. The number of hydrogen-bond acceptors (Lipinski definition) is 4. The van der Waals surface area contributed by atoms with Gasteiger partial charge in [-0.05, 0) is 37.8 Å². The number of nitriles is 1. The fraction of sp³-hybridized carbons (Fsp3) is 0.462. The van der Waals surface area contributed by atoms with Crippen LogP contribution in [0.3, 0.4) is 0 Å². The molecular formula is C13H14N4O. The predicted molar refractivity (Wildman–Crippen MR) is 64.2 cm³/mol. The smallest absolute Gasteiger partial charge is 0.240 e. The third-order valence-electron chi connectivity index (χ3n) is 3.72. The molecule has 2 fully saturated rings. The molecule has 92 valence electrons. The largest absolute Gasteiger partial charge is 0.343 e. The Morgan fingerprint density at radius 1 is 1.44 bits per heavy atom. The summed E-state index contributed by atoms with van der Waals surface area (Å²) in [7, 11) is 0. The Bertz CT molecular complexity index is 552. The van der Waals surface area contributed by atoms with E-state index in [1.807, 2.05) is 0 Å². The van der Waals surface area contributed by atoms with E-state index in [-0.39, 0.29) is 11.4 Å². The first-order valence-electron chi connectivity index (χ1n) is 6.06. The summed E-state index contributed by atoms with van der Waals surface area (Å²) in [5.74, 6) is -0.0934. The molecule has 0 atom stereocenters. The van der Waals surface area contributed by atoms with Crippen LogP contribution in [0.5, 0.6) is 0 Å². The Morgan fingerprint density at radius 3 is 2.72 bits per heavy atom. The molecule has 5 nitrogen and oxygen atoms in total. The van der Waals surface area contributed by atoms with E-state index in [0.717, 1.165) is 31.4 Å². The van der Waals surface area contributed by atoms with Crippen molar-refractivity contribution in [3.63, 3.8) is 0 Å². The molecule has 0 bridgehead atoms. The van der Waals surface area contributed by atoms with Crippen molar-refractivity contribution in [3.8, 4) is 6.07 Å². The van der Waals surface area contributed by atoms with Gasteiger partial charge < -0.3 is 11.1 Å². The van der Waals surface area contributed by atoms with Crippen LogP contribution in [0.1, 0.15) is 36.9 Å². The molecule has 5 heteroatoms. The molecule has 2 saturated carbocycles. The number of nitrogens with one attached hydrogen (secondary N) is 1. The fourth-order valence-electron chi connectivity index (χ4n) is 2.04.